The van der Waals surface area contributed by atoms with Crippen LogP contribution in [0.2, 0.25) is 0 Å². The minimum atomic E-state index is -0.531. The van der Waals surface area contributed by atoms with Crippen LogP contribution in [0.3, 0.4) is 0 Å². The number of hydrogen-bond acceptors (Lipinski definition) is 3. The maximum Gasteiger partial charge on any atom is 0.227 e. The van der Waals surface area contributed by atoms with Gasteiger partial charge in [-0.15, -0.1) is 0 Å². The van der Waals surface area contributed by atoms with Crippen LogP contribution in [0.1, 0.15) is 32.3 Å². The van der Waals surface area contributed by atoms with Gasteiger partial charge >= 0.3 is 0 Å². The van der Waals surface area contributed by atoms with E-state index in [4.69, 9.17) is 10.5 Å². The number of halogens is 1. The first kappa shape index (κ1) is 16.9. The lowest BCUT2D eigenvalue weighted by Gasteiger charge is -2.36. The van der Waals surface area contributed by atoms with Gasteiger partial charge in [-0.2, -0.15) is 0 Å². The zero-order chi connectivity index (χ0) is 16.2. The summed E-state index contributed by atoms with van der Waals surface area (Å²) in [7, 11) is 0. The molecule has 1 aliphatic rings. The van der Waals surface area contributed by atoms with Crippen molar-refractivity contribution in [2.45, 2.75) is 32.1 Å². The van der Waals surface area contributed by atoms with E-state index < -0.39 is 5.41 Å². The molecule has 5 heteroatoms. The molecule has 0 aromatic heterocycles. The van der Waals surface area contributed by atoms with Gasteiger partial charge in [0, 0.05) is 31.7 Å². The number of amides is 1. The Labute approximate surface area is 131 Å². The number of hydrogen-bond donors (Lipinski definition) is 2. The van der Waals surface area contributed by atoms with Crippen molar-refractivity contribution >= 4 is 5.91 Å². The van der Waals surface area contributed by atoms with Crippen molar-refractivity contribution in [3.8, 4) is 0 Å². The van der Waals surface area contributed by atoms with Crippen molar-refractivity contribution in [2.24, 2.45) is 11.1 Å². The third-order valence-corrected chi connectivity index (χ3v) is 4.62. The van der Waals surface area contributed by atoms with Gasteiger partial charge in [0.2, 0.25) is 5.91 Å². The van der Waals surface area contributed by atoms with Crippen LogP contribution >= 0.6 is 0 Å². The number of carbonyl (C=O) groups excluding carboxylic acids is 1. The Balaban J connectivity index is 2.03. The fraction of sp³-hybridized carbons (Fsp3) is 0.588. The van der Waals surface area contributed by atoms with Crippen molar-refractivity contribution in [1.82, 2.24) is 5.32 Å². The summed E-state index contributed by atoms with van der Waals surface area (Å²) in [5.41, 5.74) is 5.83. The van der Waals surface area contributed by atoms with E-state index in [2.05, 4.69) is 5.32 Å². The van der Waals surface area contributed by atoms with E-state index in [0.717, 1.165) is 5.56 Å². The van der Waals surface area contributed by atoms with Crippen molar-refractivity contribution in [3.63, 3.8) is 0 Å². The van der Waals surface area contributed by atoms with Gasteiger partial charge in [-0.05, 0) is 30.5 Å². The van der Waals surface area contributed by atoms with Gasteiger partial charge < -0.3 is 15.8 Å². The average molecular weight is 308 g/mol. The van der Waals surface area contributed by atoms with Crippen LogP contribution in [-0.4, -0.2) is 32.2 Å². The smallest absolute Gasteiger partial charge is 0.227 e. The summed E-state index contributed by atoms with van der Waals surface area (Å²) in [4.78, 5) is 12.6. The van der Waals surface area contributed by atoms with Crippen molar-refractivity contribution in [1.29, 1.82) is 0 Å². The lowest BCUT2D eigenvalue weighted by molar-refractivity contribution is -0.136. The molecule has 122 valence electrons. The predicted octanol–water partition coefficient (Wildman–Crippen LogP) is 1.98. The van der Waals surface area contributed by atoms with Gasteiger partial charge in [-0.1, -0.05) is 26.0 Å². The van der Waals surface area contributed by atoms with Gasteiger partial charge in [0.15, 0.2) is 0 Å². The predicted molar refractivity (Wildman–Crippen MR) is 84.0 cm³/mol. The maximum absolute atomic E-state index is 13.4. The van der Waals surface area contributed by atoms with Gasteiger partial charge in [0.05, 0.1) is 5.41 Å². The molecule has 1 aromatic carbocycles. The van der Waals surface area contributed by atoms with Gasteiger partial charge in [0.25, 0.3) is 0 Å². The average Bonchev–Trinajstić information content (AvgIpc) is 2.53. The molecule has 3 N–H and O–H groups in total. The summed E-state index contributed by atoms with van der Waals surface area (Å²) in [6.45, 7) is 5.87. The lowest BCUT2D eigenvalue weighted by Crippen LogP contribution is -2.51. The molecule has 1 fully saturated rings. The highest BCUT2D eigenvalue weighted by molar-refractivity contribution is 5.83. The van der Waals surface area contributed by atoms with E-state index in [1.54, 1.807) is 6.07 Å². The number of rotatable bonds is 5. The summed E-state index contributed by atoms with van der Waals surface area (Å²) in [6, 6.07) is 6.50. The summed E-state index contributed by atoms with van der Waals surface area (Å²) in [6.07, 6.45) is 1.30. The third-order valence-electron chi connectivity index (χ3n) is 4.62. The molecular formula is C17H25FN2O2. The number of carbonyl (C=O) groups is 1. The molecule has 0 bridgehead atoms. The quantitative estimate of drug-likeness (QED) is 0.874. The van der Waals surface area contributed by atoms with Crippen LogP contribution < -0.4 is 11.1 Å². The van der Waals surface area contributed by atoms with Gasteiger partial charge in [0.1, 0.15) is 5.82 Å². The minimum Gasteiger partial charge on any atom is -0.381 e. The summed E-state index contributed by atoms with van der Waals surface area (Å²) in [5.74, 6) is -0.289. The summed E-state index contributed by atoms with van der Waals surface area (Å²) in [5, 5.41) is 3.01. The van der Waals surface area contributed by atoms with Crippen LogP contribution in [0.15, 0.2) is 24.3 Å². The highest BCUT2D eigenvalue weighted by atomic mass is 19.1. The van der Waals surface area contributed by atoms with E-state index in [1.165, 1.54) is 12.1 Å². The Hall–Kier alpha value is -1.46. The fourth-order valence-electron chi connectivity index (χ4n) is 2.79. The first-order valence-electron chi connectivity index (χ1n) is 7.72. The van der Waals surface area contributed by atoms with Gasteiger partial charge in [-0.25, -0.2) is 4.39 Å². The SMILES string of the molecule is CC(C)(CNC(=O)C1(CN)CCOCC1)c1cccc(F)c1. The molecule has 0 saturated carbocycles. The standard InChI is InChI=1S/C17H25FN2O2/c1-16(2,13-4-3-5-14(18)10-13)12-20-15(21)17(11-19)6-8-22-9-7-17/h3-5,10H,6-9,11-12,19H2,1-2H3,(H,20,21). The lowest BCUT2D eigenvalue weighted by atomic mass is 9.78. The van der Waals surface area contributed by atoms with E-state index in [0.29, 0.717) is 39.1 Å². The molecule has 4 nitrogen and oxygen atoms in total. The first-order valence-corrected chi connectivity index (χ1v) is 7.72. The van der Waals surface area contributed by atoms with Crippen molar-refractivity contribution < 1.29 is 13.9 Å². The van der Waals surface area contributed by atoms with Crippen molar-refractivity contribution in [3.05, 3.63) is 35.6 Å². The zero-order valence-corrected chi connectivity index (χ0v) is 13.3. The second kappa shape index (κ2) is 6.75. The highest BCUT2D eigenvalue weighted by Crippen LogP contribution is 2.30. The number of ether oxygens (including phenoxy) is 1. The monoisotopic (exact) mass is 308 g/mol. The molecule has 0 aliphatic carbocycles. The van der Waals surface area contributed by atoms with Crippen LogP contribution in [0, 0.1) is 11.2 Å². The Morgan fingerprint density at radius 2 is 2.09 bits per heavy atom. The zero-order valence-electron chi connectivity index (χ0n) is 13.3. The molecule has 0 atom stereocenters. The van der Waals surface area contributed by atoms with Crippen LogP contribution in [0.5, 0.6) is 0 Å². The van der Waals surface area contributed by atoms with E-state index in [-0.39, 0.29) is 17.1 Å². The molecule has 1 aliphatic heterocycles. The van der Waals surface area contributed by atoms with E-state index in [1.807, 2.05) is 19.9 Å². The Morgan fingerprint density at radius 3 is 2.68 bits per heavy atom. The number of nitrogens with one attached hydrogen (secondary N) is 1. The van der Waals surface area contributed by atoms with E-state index in [9.17, 15) is 9.18 Å². The molecule has 0 spiro atoms. The summed E-state index contributed by atoms with van der Waals surface area (Å²) < 4.78 is 18.7. The molecule has 0 radical (unpaired) electrons. The Morgan fingerprint density at radius 1 is 1.41 bits per heavy atom. The van der Waals surface area contributed by atoms with Gasteiger partial charge in [-0.3, -0.25) is 4.79 Å². The van der Waals surface area contributed by atoms with E-state index >= 15 is 0 Å². The molecule has 1 amide bonds. The minimum absolute atomic E-state index is 0.0252. The molecule has 0 unspecified atom stereocenters. The normalized spacial score (nSPS) is 18.0. The topological polar surface area (TPSA) is 64.4 Å². The molecule has 1 aromatic rings. The van der Waals surface area contributed by atoms with Crippen LogP contribution in [-0.2, 0) is 14.9 Å². The molecule has 22 heavy (non-hydrogen) atoms. The van der Waals surface area contributed by atoms with Crippen LogP contribution in [0.25, 0.3) is 0 Å². The third kappa shape index (κ3) is 3.65. The second-order valence-electron chi connectivity index (χ2n) is 6.67. The molecular weight excluding hydrogens is 283 g/mol. The van der Waals surface area contributed by atoms with Crippen LogP contribution in [0.4, 0.5) is 4.39 Å². The highest BCUT2D eigenvalue weighted by Gasteiger charge is 2.39. The maximum atomic E-state index is 13.4. The number of benzene rings is 1. The second-order valence-corrected chi connectivity index (χ2v) is 6.67. The summed E-state index contributed by atoms with van der Waals surface area (Å²) >= 11 is 0. The Bertz CT molecular complexity index is 525. The molecule has 1 heterocycles. The largest absolute Gasteiger partial charge is 0.381 e. The fourth-order valence-corrected chi connectivity index (χ4v) is 2.79. The number of nitrogens with two attached hydrogens (primary N) is 1. The Kier molecular flexibility index (Phi) is 5.19. The first-order chi connectivity index (χ1) is 10.4. The molecule has 1 saturated heterocycles. The van der Waals surface area contributed by atoms with Crippen molar-refractivity contribution in [2.75, 3.05) is 26.3 Å². The molecule has 2 rings (SSSR count).